The number of nitrogens with zero attached hydrogens (tertiary/aromatic N) is 2. The van der Waals surface area contributed by atoms with E-state index in [0.29, 0.717) is 13.1 Å². The Bertz CT molecular complexity index is 325. The minimum Gasteiger partial charge on any atom is -0.465 e. The standard InChI is InChI=1S/C6H6N2O2.C4H10O.C4H9.K/c7-2-1-5-3-8(4-5)6(9)10;1-4(2,3)5;1-4(2)3;/h1H,3-4H2,(H,9,10);5H,1-3H3;1-3H3;/q;;-1;+1. The largest absolute Gasteiger partial charge is 1.00 e. The Morgan fingerprint density at radius 3 is 1.85 bits per heavy atom. The summed E-state index contributed by atoms with van der Waals surface area (Å²) in [6, 6.07) is 1.85. The molecule has 20 heavy (non-hydrogen) atoms. The first kappa shape index (κ1) is 25.1. The maximum absolute atomic E-state index is 10.1. The number of carboxylic acid groups (broad SMARTS) is 1. The molecule has 1 heterocycles. The molecule has 1 aliphatic heterocycles. The minimum absolute atomic E-state index is 0. The molecule has 1 saturated heterocycles. The Balaban J connectivity index is -0.000000247. The quantitative estimate of drug-likeness (QED) is 0.370. The van der Waals surface area contributed by atoms with E-state index in [0.717, 1.165) is 5.57 Å². The molecule has 0 unspecified atom stereocenters. The summed E-state index contributed by atoms with van der Waals surface area (Å²) >= 11 is 0. The van der Waals surface area contributed by atoms with E-state index in [-0.39, 0.29) is 51.4 Å². The molecule has 1 fully saturated rings. The molecule has 0 atom stereocenters. The van der Waals surface area contributed by atoms with E-state index in [2.05, 4.69) is 20.8 Å². The molecule has 0 radical (unpaired) electrons. The maximum atomic E-state index is 10.1. The summed E-state index contributed by atoms with van der Waals surface area (Å²) < 4.78 is 0. The summed E-state index contributed by atoms with van der Waals surface area (Å²) in [6.45, 7) is 12.3. The molecular formula is C14H25KN2O3. The van der Waals surface area contributed by atoms with E-state index in [1.807, 2.05) is 6.07 Å². The number of amides is 1. The Morgan fingerprint density at radius 2 is 1.65 bits per heavy atom. The van der Waals surface area contributed by atoms with E-state index < -0.39 is 11.7 Å². The average molecular weight is 308 g/mol. The van der Waals surface area contributed by atoms with Crippen molar-refractivity contribution in [3.63, 3.8) is 0 Å². The Labute approximate surface area is 165 Å². The van der Waals surface area contributed by atoms with Gasteiger partial charge < -0.3 is 21.0 Å². The Morgan fingerprint density at radius 1 is 1.35 bits per heavy atom. The van der Waals surface area contributed by atoms with Crippen molar-refractivity contribution in [1.29, 1.82) is 5.26 Å². The van der Waals surface area contributed by atoms with E-state index in [1.165, 1.54) is 16.9 Å². The van der Waals surface area contributed by atoms with Crippen molar-refractivity contribution in [3.05, 3.63) is 17.6 Å². The van der Waals surface area contributed by atoms with Gasteiger partial charge in [0.15, 0.2) is 0 Å². The summed E-state index contributed by atoms with van der Waals surface area (Å²) in [5, 5.41) is 25.0. The van der Waals surface area contributed by atoms with Gasteiger partial charge in [-0.3, -0.25) is 0 Å². The van der Waals surface area contributed by atoms with Gasteiger partial charge >= 0.3 is 57.5 Å². The molecule has 0 aromatic rings. The van der Waals surface area contributed by atoms with Crippen molar-refractivity contribution in [2.24, 2.45) is 0 Å². The van der Waals surface area contributed by atoms with Crippen molar-refractivity contribution in [2.75, 3.05) is 13.1 Å². The van der Waals surface area contributed by atoms with Gasteiger partial charge in [0.2, 0.25) is 0 Å². The molecule has 2 N–H and O–H groups in total. The van der Waals surface area contributed by atoms with Gasteiger partial charge in [0.1, 0.15) is 0 Å². The van der Waals surface area contributed by atoms with Crippen LogP contribution >= 0.6 is 0 Å². The van der Waals surface area contributed by atoms with E-state index in [9.17, 15) is 4.79 Å². The molecule has 110 valence electrons. The molecule has 0 aromatic heterocycles. The number of hydrogen-bond donors (Lipinski definition) is 2. The van der Waals surface area contributed by atoms with Crippen LogP contribution in [0.25, 0.3) is 0 Å². The minimum atomic E-state index is -0.921. The number of likely N-dealkylation sites (tertiary alicyclic amines) is 1. The second kappa shape index (κ2) is 12.8. The van der Waals surface area contributed by atoms with E-state index in [4.69, 9.17) is 15.5 Å². The van der Waals surface area contributed by atoms with Gasteiger partial charge in [-0.05, 0) is 26.3 Å². The maximum Gasteiger partial charge on any atom is 1.00 e. The Kier molecular flexibility index (Phi) is 16.1. The zero-order valence-electron chi connectivity index (χ0n) is 13.7. The number of hydrogen-bond acceptors (Lipinski definition) is 3. The molecule has 0 saturated carbocycles. The first-order valence-electron chi connectivity index (χ1n) is 6.02. The Hall–Kier alpha value is 0.0964. The summed E-state index contributed by atoms with van der Waals surface area (Å²) in [7, 11) is 0. The van der Waals surface area contributed by atoms with Crippen LogP contribution in [0.3, 0.4) is 0 Å². The molecule has 5 nitrogen and oxygen atoms in total. The van der Waals surface area contributed by atoms with Crippen molar-refractivity contribution in [2.45, 2.75) is 47.1 Å². The van der Waals surface area contributed by atoms with Crippen LogP contribution in [0.15, 0.2) is 11.6 Å². The third-order valence-corrected chi connectivity index (χ3v) is 1.33. The summed E-state index contributed by atoms with van der Waals surface area (Å²) in [5.74, 6) is 1.42. The predicted molar refractivity (Wildman–Crippen MR) is 75.5 cm³/mol. The van der Waals surface area contributed by atoms with Crippen molar-refractivity contribution < 1.29 is 66.4 Å². The molecule has 0 bridgehead atoms. The third kappa shape index (κ3) is 23.2. The topological polar surface area (TPSA) is 84.6 Å². The van der Waals surface area contributed by atoms with Crippen molar-refractivity contribution >= 4 is 6.09 Å². The number of aliphatic hydroxyl groups is 1. The molecule has 1 rings (SSSR count). The normalized spacial score (nSPS) is 12.6. The number of allylic oxidation sites excluding steroid dienone is 1. The van der Waals surface area contributed by atoms with Gasteiger partial charge in [-0.15, -0.1) is 0 Å². The van der Waals surface area contributed by atoms with Gasteiger partial charge in [0, 0.05) is 19.2 Å². The SMILES string of the molecule is CC(C)(C)O.C[C-](C)C.N#CC=C1CN(C(=O)O)C1.[K+]. The molecule has 0 spiro atoms. The molecule has 6 heteroatoms. The predicted octanol–water partition coefficient (Wildman–Crippen LogP) is -0.168. The zero-order valence-corrected chi connectivity index (χ0v) is 16.8. The fourth-order valence-electron chi connectivity index (χ4n) is 0.762. The van der Waals surface area contributed by atoms with Crippen LogP contribution in [0.2, 0.25) is 0 Å². The number of nitriles is 1. The number of carbonyl (C=O) groups is 1. The van der Waals surface area contributed by atoms with Crippen LogP contribution in [0, 0.1) is 17.2 Å². The van der Waals surface area contributed by atoms with E-state index in [1.54, 1.807) is 20.8 Å². The monoisotopic (exact) mass is 308 g/mol. The first-order chi connectivity index (χ1) is 8.47. The molecular weight excluding hydrogens is 283 g/mol. The molecule has 1 aliphatic rings. The number of rotatable bonds is 0. The summed E-state index contributed by atoms with van der Waals surface area (Å²) in [5.41, 5.74) is 0.380. The van der Waals surface area contributed by atoms with Gasteiger partial charge in [0.05, 0.1) is 11.7 Å². The van der Waals surface area contributed by atoms with Crippen LogP contribution in [-0.4, -0.2) is 39.9 Å². The van der Waals surface area contributed by atoms with Crippen LogP contribution in [0.4, 0.5) is 4.79 Å². The van der Waals surface area contributed by atoms with Gasteiger partial charge in [-0.1, -0.05) is 0 Å². The second-order valence-electron chi connectivity index (χ2n) is 5.74. The van der Waals surface area contributed by atoms with E-state index >= 15 is 0 Å². The van der Waals surface area contributed by atoms with Crippen molar-refractivity contribution in [1.82, 2.24) is 4.90 Å². The van der Waals surface area contributed by atoms with Crippen LogP contribution in [0.1, 0.15) is 41.5 Å². The smallest absolute Gasteiger partial charge is 0.465 e. The van der Waals surface area contributed by atoms with Crippen LogP contribution < -0.4 is 51.4 Å². The summed E-state index contributed by atoms with van der Waals surface area (Å²) in [6.07, 6.45) is 0.467. The average Bonchev–Trinajstić information content (AvgIpc) is 2.05. The molecule has 0 aliphatic carbocycles. The van der Waals surface area contributed by atoms with Gasteiger partial charge in [0.25, 0.3) is 0 Å². The third-order valence-electron chi connectivity index (χ3n) is 1.33. The molecule has 1 amide bonds. The van der Waals surface area contributed by atoms with Gasteiger partial charge in [-0.25, -0.2) is 4.79 Å². The first-order valence-corrected chi connectivity index (χ1v) is 6.02. The fraction of sp³-hybridized carbons (Fsp3) is 0.643. The van der Waals surface area contributed by atoms with Gasteiger partial charge in [-0.2, -0.15) is 26.0 Å². The van der Waals surface area contributed by atoms with Crippen LogP contribution in [0.5, 0.6) is 0 Å². The summed E-state index contributed by atoms with van der Waals surface area (Å²) in [4.78, 5) is 11.4. The van der Waals surface area contributed by atoms with Crippen molar-refractivity contribution in [3.8, 4) is 6.07 Å². The van der Waals surface area contributed by atoms with Crippen LogP contribution in [-0.2, 0) is 0 Å². The second-order valence-corrected chi connectivity index (χ2v) is 5.74. The molecule has 0 aromatic carbocycles. The fourth-order valence-corrected chi connectivity index (χ4v) is 0.762. The zero-order chi connectivity index (χ0) is 15.6.